The Morgan fingerprint density at radius 1 is 0.936 bits per heavy atom. The van der Waals surface area contributed by atoms with Crippen LogP contribution in [-0.4, -0.2) is 64.8 Å². The monoisotopic (exact) mass is 679 g/mol. The molecule has 0 amide bonds. The van der Waals surface area contributed by atoms with E-state index < -0.39 is 17.4 Å². The van der Waals surface area contributed by atoms with Gasteiger partial charge in [0.1, 0.15) is 0 Å². The average Bonchev–Trinajstić information content (AvgIpc) is 3.33. The third-order valence-corrected chi connectivity index (χ3v) is 11.1. The minimum Gasteiger partial charge on any atom is -0.550 e. The van der Waals surface area contributed by atoms with Crippen LogP contribution in [0.1, 0.15) is 155 Å². The van der Waals surface area contributed by atoms with Crippen LogP contribution in [0.25, 0.3) is 0 Å². The maximum atomic E-state index is 14.0. The Bertz CT molecular complexity index is 1090. The second-order valence-electron chi connectivity index (χ2n) is 14.8. The fraction of sp³-hybridized carbons (Fsp3) is 0.865. The van der Waals surface area contributed by atoms with Crippen molar-refractivity contribution in [2.75, 3.05) is 6.61 Å². The number of hydrogen-bond donors (Lipinski definition) is 2. The second-order valence-corrected chi connectivity index (χ2v) is 14.8. The number of carbonyl (C=O) groups excluding carboxylic acids is 2. The van der Waals surface area contributed by atoms with Gasteiger partial charge in [-0.05, 0) is 64.7 Å². The molecule has 0 bridgehead atoms. The van der Waals surface area contributed by atoms with Crippen LogP contribution in [-0.2, 0) is 23.8 Å². The summed E-state index contributed by atoms with van der Waals surface area (Å²) in [5, 5.41) is 18.1. The molecule has 9 nitrogen and oxygen atoms in total. The molecule has 5 aliphatic rings. The molecule has 0 aromatic rings. The molecule has 47 heavy (non-hydrogen) atoms. The van der Waals surface area contributed by atoms with Gasteiger partial charge in [-0.3, -0.25) is 9.37 Å². The first-order valence-electron chi connectivity index (χ1n) is 19.0. The van der Waals surface area contributed by atoms with Gasteiger partial charge in [-0.15, -0.1) is 12.4 Å². The smallest absolute Gasteiger partial charge is 0.350 e. The van der Waals surface area contributed by atoms with Crippen LogP contribution in [0.2, 0.25) is 0 Å². The van der Waals surface area contributed by atoms with Gasteiger partial charge in [-0.25, -0.2) is 10.6 Å². The van der Waals surface area contributed by atoms with E-state index in [1.54, 1.807) is 0 Å². The highest BCUT2D eigenvalue weighted by Gasteiger charge is 2.64. The summed E-state index contributed by atoms with van der Waals surface area (Å²) in [6, 6.07) is 0.399. The molecule has 5 heterocycles. The molecule has 5 aliphatic heterocycles. The van der Waals surface area contributed by atoms with Crippen LogP contribution in [0.15, 0.2) is 12.2 Å². The zero-order valence-corrected chi connectivity index (χ0v) is 29.9. The normalized spacial score (nSPS) is 32.7. The second kappa shape index (κ2) is 18.2. The molecule has 268 valence electrons. The lowest BCUT2D eigenvalue weighted by atomic mass is 9.80. The molecular weight excluding hydrogens is 618 g/mol. The summed E-state index contributed by atoms with van der Waals surface area (Å²) in [4.78, 5) is 24.4. The van der Waals surface area contributed by atoms with Crippen LogP contribution in [0.3, 0.4) is 0 Å². The van der Waals surface area contributed by atoms with Gasteiger partial charge in [0.25, 0.3) is 0 Å². The molecule has 2 spiro atoms. The molecule has 2 N–H and O–H groups in total. The molecule has 2 fully saturated rings. The van der Waals surface area contributed by atoms with Crippen molar-refractivity contribution >= 4 is 30.3 Å². The third-order valence-electron chi connectivity index (χ3n) is 11.1. The van der Waals surface area contributed by atoms with Crippen molar-refractivity contribution in [3.05, 3.63) is 12.2 Å². The van der Waals surface area contributed by atoms with Gasteiger partial charge < -0.3 is 24.1 Å². The predicted molar refractivity (Wildman–Crippen MR) is 183 cm³/mol. The first-order chi connectivity index (χ1) is 22.3. The first-order valence-corrected chi connectivity index (χ1v) is 19.0. The fourth-order valence-corrected chi connectivity index (χ4v) is 8.80. The molecule has 0 saturated carbocycles. The van der Waals surface area contributed by atoms with Crippen molar-refractivity contribution in [3.63, 3.8) is 0 Å². The van der Waals surface area contributed by atoms with E-state index in [2.05, 4.69) is 41.2 Å². The Kier molecular flexibility index (Phi) is 14.7. The SMILES string of the molecule is CC[C@H]1C=CCC[C@@]2(C[C@@H]3CC[C@@H]4[C@H](C(=O)OCCCCCCCCCCCCCCC(=O)[O-])[C@]5(CCC[C@@H](C)O5)NC(=[N+]34)N2)O1.Cl. The number of allylic oxidation sites excluding steroid dienone is 1. The van der Waals surface area contributed by atoms with Gasteiger partial charge in [0.2, 0.25) is 5.72 Å². The molecule has 0 unspecified atom stereocenters. The molecule has 5 rings (SSSR count). The largest absolute Gasteiger partial charge is 0.550 e. The molecule has 0 radical (unpaired) electrons. The molecule has 2 saturated heterocycles. The summed E-state index contributed by atoms with van der Waals surface area (Å²) in [6.45, 7) is 4.79. The number of guanidine groups is 1. The van der Waals surface area contributed by atoms with Crippen molar-refractivity contribution in [3.8, 4) is 0 Å². The average molecular weight is 680 g/mol. The number of halogens is 1. The van der Waals surface area contributed by atoms with Crippen LogP contribution in [0.4, 0.5) is 0 Å². The zero-order chi connectivity index (χ0) is 32.4. The quantitative estimate of drug-likeness (QED) is 0.0832. The number of esters is 1. The number of carbonyl (C=O) groups is 2. The van der Waals surface area contributed by atoms with Crippen molar-refractivity contribution in [1.82, 2.24) is 10.6 Å². The summed E-state index contributed by atoms with van der Waals surface area (Å²) in [7, 11) is 0. The van der Waals surface area contributed by atoms with Crippen molar-refractivity contribution in [2.24, 2.45) is 5.92 Å². The molecule has 10 heteroatoms. The van der Waals surface area contributed by atoms with E-state index in [0.717, 1.165) is 95.9 Å². The van der Waals surface area contributed by atoms with Gasteiger partial charge in [-0.1, -0.05) is 83.3 Å². The number of rotatable bonds is 17. The number of hydrogen-bond acceptors (Lipinski definition) is 8. The lowest BCUT2D eigenvalue weighted by molar-refractivity contribution is -0.609. The summed E-state index contributed by atoms with van der Waals surface area (Å²) in [5.41, 5.74) is -1.16. The maximum absolute atomic E-state index is 14.0. The van der Waals surface area contributed by atoms with Crippen molar-refractivity contribution in [1.29, 1.82) is 0 Å². The Hall–Kier alpha value is -1.84. The van der Waals surface area contributed by atoms with E-state index in [1.165, 1.54) is 44.9 Å². The number of carboxylic acids is 1. The van der Waals surface area contributed by atoms with Crippen LogP contribution >= 0.6 is 12.4 Å². The lowest BCUT2D eigenvalue weighted by Gasteiger charge is -2.50. The summed E-state index contributed by atoms with van der Waals surface area (Å²) in [6.07, 6.45) is 27.0. The molecule has 0 aromatic heterocycles. The highest BCUT2D eigenvalue weighted by molar-refractivity contribution is 5.85. The van der Waals surface area contributed by atoms with E-state index in [0.29, 0.717) is 12.6 Å². The highest BCUT2D eigenvalue weighted by Crippen LogP contribution is 2.45. The van der Waals surface area contributed by atoms with Crippen LogP contribution < -0.4 is 15.7 Å². The molecular formula is C37H62ClN3O6. The Morgan fingerprint density at radius 2 is 1.62 bits per heavy atom. The highest BCUT2D eigenvalue weighted by atomic mass is 35.5. The van der Waals surface area contributed by atoms with Gasteiger partial charge >= 0.3 is 11.9 Å². The van der Waals surface area contributed by atoms with E-state index >= 15 is 0 Å². The summed E-state index contributed by atoms with van der Waals surface area (Å²) < 4.78 is 22.0. The third kappa shape index (κ3) is 9.87. The van der Waals surface area contributed by atoms with E-state index in [1.807, 2.05) is 0 Å². The Balaban J connectivity index is 0.00000500. The van der Waals surface area contributed by atoms with Crippen LogP contribution in [0.5, 0.6) is 0 Å². The zero-order valence-electron chi connectivity index (χ0n) is 29.1. The lowest BCUT2D eigenvalue weighted by Crippen LogP contribution is -2.76. The molecule has 7 atom stereocenters. The minimum absolute atomic E-state index is 0. The minimum atomic E-state index is -0.932. The van der Waals surface area contributed by atoms with E-state index in [4.69, 9.17) is 14.2 Å². The number of ether oxygens (including phenoxy) is 3. The standard InChI is InChI=1S/C37H61N3O6.ClH/c1-3-30-20-15-16-24-36(46-30)27-29-22-23-31-33(37(25-18-19-28(2)45-37)39-35(38-36)40(29)31)34(43)44-26-17-13-11-9-7-5-4-6-8-10-12-14-21-32(41)42;/h15,20,28-31,33H,3-14,16-19,21-27H2,1-2H3,(H2,38,39,41,42);1H/t28-,29+,30+,31-,33-,36+,37-;/m1./s1. The van der Waals surface area contributed by atoms with Crippen molar-refractivity contribution in [2.45, 2.75) is 191 Å². The topological polar surface area (TPSA) is 112 Å². The number of nitrogens with one attached hydrogen (secondary N) is 2. The Morgan fingerprint density at radius 3 is 2.28 bits per heavy atom. The van der Waals surface area contributed by atoms with Crippen LogP contribution in [0, 0.1) is 5.92 Å². The summed E-state index contributed by atoms with van der Waals surface area (Å²) >= 11 is 0. The van der Waals surface area contributed by atoms with Gasteiger partial charge in [0.05, 0.1) is 30.9 Å². The fourth-order valence-electron chi connectivity index (χ4n) is 8.80. The first kappa shape index (κ1) is 38.0. The number of aliphatic carboxylic acids is 1. The molecule has 0 aromatic carbocycles. The summed E-state index contributed by atoms with van der Waals surface area (Å²) in [5.74, 6) is -0.401. The number of carboxylic acid groups (broad SMARTS) is 1. The van der Waals surface area contributed by atoms with E-state index in [9.17, 15) is 14.7 Å². The van der Waals surface area contributed by atoms with Gasteiger partial charge in [0.15, 0.2) is 11.6 Å². The number of nitrogens with zero attached hydrogens (tertiary/aromatic N) is 1. The predicted octanol–water partition coefficient (Wildman–Crippen LogP) is 6.01. The molecule has 0 aliphatic carbocycles. The maximum Gasteiger partial charge on any atom is 0.350 e. The van der Waals surface area contributed by atoms with Gasteiger partial charge in [0, 0.05) is 25.2 Å². The van der Waals surface area contributed by atoms with Gasteiger partial charge in [-0.2, -0.15) is 0 Å². The number of unbranched alkanes of at least 4 members (excludes halogenated alkanes) is 11. The van der Waals surface area contributed by atoms with E-state index in [-0.39, 0.29) is 49.0 Å². The van der Waals surface area contributed by atoms with Crippen molar-refractivity contribution < 1.29 is 33.5 Å². The Labute approximate surface area is 289 Å².